The number of Topliss-reactive ketones (excluding diaryl/α,β-unsaturated/α-hetero) is 1. The SMILES string of the molecule is CC1(C)CCn2c(nc(-c3ccncn3)cc2=O)N1CC(=O)c1cccc(F)c1. The van der Waals surface area contributed by atoms with Gasteiger partial charge in [-0.05, 0) is 38.5 Å². The van der Waals surface area contributed by atoms with Crippen LogP contribution in [0.15, 0.2) is 53.7 Å². The maximum Gasteiger partial charge on any atom is 0.255 e. The van der Waals surface area contributed by atoms with Crippen molar-refractivity contribution in [1.29, 1.82) is 0 Å². The Labute approximate surface area is 166 Å². The molecule has 29 heavy (non-hydrogen) atoms. The predicted octanol–water partition coefficient (Wildman–Crippen LogP) is 2.71. The number of anilines is 1. The summed E-state index contributed by atoms with van der Waals surface area (Å²) in [6.07, 6.45) is 3.64. The van der Waals surface area contributed by atoms with E-state index in [2.05, 4.69) is 15.0 Å². The summed E-state index contributed by atoms with van der Waals surface area (Å²) in [7, 11) is 0. The Morgan fingerprint density at radius 1 is 1.21 bits per heavy atom. The number of benzene rings is 1. The monoisotopic (exact) mass is 393 g/mol. The van der Waals surface area contributed by atoms with Crippen molar-refractivity contribution in [2.75, 3.05) is 11.4 Å². The molecule has 0 N–H and O–H groups in total. The molecule has 0 saturated heterocycles. The third-order valence-corrected chi connectivity index (χ3v) is 5.20. The standard InChI is InChI=1S/C21H20FN5O2/c1-21(2)7-9-26-19(29)11-17(16-6-8-23-13-24-16)25-20(26)27(21)12-18(28)14-4-3-5-15(22)10-14/h3-6,8,10-11,13H,7,9,12H2,1-2H3. The zero-order valence-electron chi connectivity index (χ0n) is 16.2. The second-order valence-corrected chi connectivity index (χ2v) is 7.61. The van der Waals surface area contributed by atoms with Gasteiger partial charge in [0.25, 0.3) is 5.56 Å². The first-order valence-corrected chi connectivity index (χ1v) is 9.30. The number of hydrogen-bond donors (Lipinski definition) is 0. The largest absolute Gasteiger partial charge is 0.329 e. The average Bonchev–Trinajstić information content (AvgIpc) is 2.70. The molecule has 1 aliphatic heterocycles. The third-order valence-electron chi connectivity index (χ3n) is 5.20. The Balaban J connectivity index is 1.77. The van der Waals surface area contributed by atoms with Crippen LogP contribution in [0.1, 0.15) is 30.6 Å². The molecular weight excluding hydrogens is 373 g/mol. The summed E-state index contributed by atoms with van der Waals surface area (Å²) in [6.45, 7) is 4.48. The van der Waals surface area contributed by atoms with E-state index in [4.69, 9.17) is 0 Å². The number of nitrogens with zero attached hydrogens (tertiary/aromatic N) is 5. The van der Waals surface area contributed by atoms with Crippen LogP contribution in [0, 0.1) is 5.82 Å². The lowest BCUT2D eigenvalue weighted by Crippen LogP contribution is -2.53. The molecule has 0 bridgehead atoms. The van der Waals surface area contributed by atoms with E-state index in [9.17, 15) is 14.0 Å². The summed E-state index contributed by atoms with van der Waals surface area (Å²) in [5.74, 6) is -0.297. The summed E-state index contributed by atoms with van der Waals surface area (Å²) >= 11 is 0. The minimum atomic E-state index is -0.463. The highest BCUT2D eigenvalue weighted by Crippen LogP contribution is 2.31. The zero-order chi connectivity index (χ0) is 20.6. The second kappa shape index (κ2) is 7.20. The van der Waals surface area contributed by atoms with Crippen molar-refractivity contribution in [3.8, 4) is 11.4 Å². The smallest absolute Gasteiger partial charge is 0.255 e. The number of aromatic nitrogens is 4. The number of fused-ring (bicyclic) bond motifs is 1. The first-order chi connectivity index (χ1) is 13.8. The third kappa shape index (κ3) is 3.65. The molecule has 0 atom stereocenters. The van der Waals surface area contributed by atoms with E-state index in [1.165, 1.54) is 30.6 Å². The molecule has 0 radical (unpaired) electrons. The molecule has 2 aromatic heterocycles. The van der Waals surface area contributed by atoms with E-state index in [0.29, 0.717) is 30.3 Å². The Kier molecular flexibility index (Phi) is 4.70. The van der Waals surface area contributed by atoms with Gasteiger partial charge in [0.2, 0.25) is 5.95 Å². The van der Waals surface area contributed by atoms with Gasteiger partial charge in [-0.2, -0.15) is 0 Å². The van der Waals surface area contributed by atoms with Crippen LogP contribution in [0.4, 0.5) is 10.3 Å². The Morgan fingerprint density at radius 3 is 2.76 bits per heavy atom. The molecule has 148 valence electrons. The van der Waals surface area contributed by atoms with Crippen LogP contribution >= 0.6 is 0 Å². The number of rotatable bonds is 4. The van der Waals surface area contributed by atoms with Crippen molar-refractivity contribution in [2.45, 2.75) is 32.4 Å². The molecular formula is C21H20FN5O2. The number of carbonyl (C=O) groups excluding carboxylic acids is 1. The van der Waals surface area contributed by atoms with Crippen molar-refractivity contribution in [1.82, 2.24) is 19.5 Å². The fourth-order valence-corrected chi connectivity index (χ4v) is 3.46. The number of hydrogen-bond acceptors (Lipinski definition) is 6. The second-order valence-electron chi connectivity index (χ2n) is 7.61. The molecule has 0 spiro atoms. The summed E-state index contributed by atoms with van der Waals surface area (Å²) < 4.78 is 15.1. The first-order valence-electron chi connectivity index (χ1n) is 9.30. The highest BCUT2D eigenvalue weighted by molar-refractivity contribution is 5.99. The molecule has 0 aliphatic carbocycles. The zero-order valence-corrected chi connectivity index (χ0v) is 16.2. The Morgan fingerprint density at radius 2 is 2.03 bits per heavy atom. The number of ketones is 1. The number of carbonyl (C=O) groups is 1. The first kappa shape index (κ1) is 18.9. The lowest BCUT2D eigenvalue weighted by atomic mass is 9.95. The fraction of sp³-hybridized carbons (Fsp3) is 0.286. The molecule has 0 saturated carbocycles. The van der Waals surface area contributed by atoms with Crippen LogP contribution < -0.4 is 10.5 Å². The van der Waals surface area contributed by atoms with Crippen LogP contribution in [0.2, 0.25) is 0 Å². The van der Waals surface area contributed by atoms with Gasteiger partial charge in [-0.1, -0.05) is 12.1 Å². The van der Waals surface area contributed by atoms with Crippen LogP contribution in [-0.2, 0) is 6.54 Å². The van der Waals surface area contributed by atoms with Gasteiger partial charge in [0.1, 0.15) is 12.1 Å². The molecule has 0 unspecified atom stereocenters. The lowest BCUT2D eigenvalue weighted by molar-refractivity contribution is 0.0988. The minimum Gasteiger partial charge on any atom is -0.329 e. The summed E-state index contributed by atoms with van der Waals surface area (Å²) in [6, 6.07) is 8.73. The van der Waals surface area contributed by atoms with Gasteiger partial charge in [0.05, 0.1) is 17.9 Å². The van der Waals surface area contributed by atoms with Gasteiger partial charge < -0.3 is 4.90 Å². The van der Waals surface area contributed by atoms with Crippen molar-refractivity contribution >= 4 is 11.7 Å². The van der Waals surface area contributed by atoms with Gasteiger partial charge in [0, 0.05) is 29.9 Å². The molecule has 4 rings (SSSR count). The minimum absolute atomic E-state index is 0.0177. The van der Waals surface area contributed by atoms with Crippen molar-refractivity contribution in [3.05, 3.63) is 70.7 Å². The number of halogens is 1. The molecule has 0 amide bonds. The van der Waals surface area contributed by atoms with E-state index < -0.39 is 11.4 Å². The topological polar surface area (TPSA) is 81.0 Å². The molecule has 0 fully saturated rings. The van der Waals surface area contributed by atoms with Crippen molar-refractivity contribution in [3.63, 3.8) is 0 Å². The van der Waals surface area contributed by atoms with Crippen LogP contribution in [0.3, 0.4) is 0 Å². The van der Waals surface area contributed by atoms with Gasteiger partial charge in [-0.15, -0.1) is 0 Å². The maximum atomic E-state index is 13.6. The summed E-state index contributed by atoms with van der Waals surface area (Å²) in [5, 5.41) is 0. The van der Waals surface area contributed by atoms with E-state index in [-0.39, 0.29) is 23.5 Å². The molecule has 1 aliphatic rings. The fourth-order valence-electron chi connectivity index (χ4n) is 3.46. The molecule has 1 aromatic carbocycles. The van der Waals surface area contributed by atoms with Gasteiger partial charge in [-0.3, -0.25) is 14.2 Å². The summed E-state index contributed by atoms with van der Waals surface area (Å²) in [4.78, 5) is 40.1. The molecule has 7 nitrogen and oxygen atoms in total. The Hall–Kier alpha value is -3.42. The average molecular weight is 393 g/mol. The van der Waals surface area contributed by atoms with Gasteiger partial charge in [-0.25, -0.2) is 19.3 Å². The van der Waals surface area contributed by atoms with Crippen LogP contribution in [0.25, 0.3) is 11.4 Å². The van der Waals surface area contributed by atoms with Gasteiger partial charge in [0.15, 0.2) is 5.78 Å². The van der Waals surface area contributed by atoms with E-state index in [1.807, 2.05) is 18.7 Å². The van der Waals surface area contributed by atoms with Gasteiger partial charge >= 0.3 is 0 Å². The van der Waals surface area contributed by atoms with Crippen molar-refractivity contribution < 1.29 is 9.18 Å². The maximum absolute atomic E-state index is 13.6. The predicted molar refractivity (Wildman–Crippen MR) is 106 cm³/mol. The molecule has 3 heterocycles. The van der Waals surface area contributed by atoms with E-state index in [1.54, 1.807) is 22.9 Å². The normalized spacial score (nSPS) is 15.1. The Bertz CT molecular complexity index is 1130. The van der Waals surface area contributed by atoms with Crippen LogP contribution in [0.5, 0.6) is 0 Å². The van der Waals surface area contributed by atoms with Crippen molar-refractivity contribution in [2.24, 2.45) is 0 Å². The summed E-state index contributed by atoms with van der Waals surface area (Å²) in [5.41, 5.74) is 0.617. The van der Waals surface area contributed by atoms with E-state index >= 15 is 0 Å². The lowest BCUT2D eigenvalue weighted by Gasteiger charge is -2.43. The van der Waals surface area contributed by atoms with E-state index in [0.717, 1.165) is 0 Å². The molecule has 8 heteroatoms. The molecule has 3 aromatic rings. The van der Waals surface area contributed by atoms with Crippen LogP contribution in [-0.4, -0.2) is 37.4 Å². The quantitative estimate of drug-likeness (QED) is 0.634. The highest BCUT2D eigenvalue weighted by atomic mass is 19.1. The highest BCUT2D eigenvalue weighted by Gasteiger charge is 2.36.